The van der Waals surface area contributed by atoms with E-state index in [-0.39, 0.29) is 34.9 Å². The summed E-state index contributed by atoms with van der Waals surface area (Å²) in [7, 11) is 2.01. The molecule has 222 valence electrons. The van der Waals surface area contributed by atoms with E-state index in [1.54, 1.807) is 0 Å². The summed E-state index contributed by atoms with van der Waals surface area (Å²) in [5.74, 6) is -0.0423. The highest BCUT2D eigenvalue weighted by atomic mass is 79.9. The zero-order valence-electron chi connectivity index (χ0n) is 25.3. The van der Waals surface area contributed by atoms with Gasteiger partial charge in [-0.05, 0) is 104 Å². The standard InChI is InChI=1S/C34H38Br2N2O4/c1-18-8-9-19(2)23(10-18)37-28(41)17-42-32-21(35)11-20(12-22(32)36)29-30-24(13-33(3,4)15-26(30)39)38(7)25-14-34(5,6)16-27(40)31(25)29/h8-12,29H,13-17H2,1-7H3,(H,37,41). The number of ketones is 2. The highest BCUT2D eigenvalue weighted by Crippen LogP contribution is 2.54. The number of benzene rings is 2. The van der Waals surface area contributed by atoms with Gasteiger partial charge in [0, 0.05) is 54.0 Å². The van der Waals surface area contributed by atoms with Crippen LogP contribution in [-0.2, 0) is 14.4 Å². The zero-order valence-corrected chi connectivity index (χ0v) is 28.5. The number of aryl methyl sites for hydroxylation is 2. The molecule has 0 fully saturated rings. The van der Waals surface area contributed by atoms with Gasteiger partial charge < -0.3 is 15.0 Å². The van der Waals surface area contributed by atoms with E-state index in [4.69, 9.17) is 4.74 Å². The predicted molar refractivity (Wildman–Crippen MR) is 172 cm³/mol. The molecule has 0 unspecified atom stereocenters. The largest absolute Gasteiger partial charge is 0.481 e. The molecule has 0 spiro atoms. The van der Waals surface area contributed by atoms with E-state index >= 15 is 0 Å². The number of ether oxygens (including phenoxy) is 1. The minimum Gasteiger partial charge on any atom is -0.481 e. The second-order valence-corrected chi connectivity index (χ2v) is 15.3. The number of rotatable bonds is 5. The van der Waals surface area contributed by atoms with Crippen molar-refractivity contribution in [3.63, 3.8) is 0 Å². The Morgan fingerprint density at radius 2 is 1.43 bits per heavy atom. The van der Waals surface area contributed by atoms with Crippen molar-refractivity contribution < 1.29 is 19.1 Å². The van der Waals surface area contributed by atoms with Gasteiger partial charge in [-0.1, -0.05) is 39.8 Å². The Balaban J connectivity index is 1.50. The number of carbonyl (C=O) groups is 3. The third-order valence-corrected chi connectivity index (χ3v) is 9.73. The van der Waals surface area contributed by atoms with Gasteiger partial charge >= 0.3 is 0 Å². The maximum absolute atomic E-state index is 13.8. The lowest BCUT2D eigenvalue weighted by Gasteiger charge is -2.48. The van der Waals surface area contributed by atoms with E-state index in [1.165, 1.54) is 0 Å². The normalized spacial score (nSPS) is 20.0. The number of allylic oxidation sites excluding steroid dienone is 4. The third-order valence-electron chi connectivity index (χ3n) is 8.55. The van der Waals surface area contributed by atoms with Crippen LogP contribution in [0.1, 0.15) is 76.0 Å². The second kappa shape index (κ2) is 11.1. The fourth-order valence-corrected chi connectivity index (χ4v) is 8.03. The average molecular weight is 698 g/mol. The summed E-state index contributed by atoms with van der Waals surface area (Å²) in [6, 6.07) is 9.76. The topological polar surface area (TPSA) is 75.7 Å². The van der Waals surface area contributed by atoms with Crippen molar-refractivity contribution in [1.29, 1.82) is 0 Å². The monoisotopic (exact) mass is 696 g/mol. The average Bonchev–Trinajstić information content (AvgIpc) is 2.85. The van der Waals surface area contributed by atoms with E-state index in [9.17, 15) is 14.4 Å². The first-order chi connectivity index (χ1) is 19.6. The van der Waals surface area contributed by atoms with Gasteiger partial charge in [0.2, 0.25) is 0 Å². The second-order valence-electron chi connectivity index (χ2n) is 13.6. The Morgan fingerprint density at radius 3 is 1.95 bits per heavy atom. The maximum Gasteiger partial charge on any atom is 0.262 e. The van der Waals surface area contributed by atoms with Crippen LogP contribution in [0.5, 0.6) is 5.75 Å². The molecule has 0 atom stereocenters. The molecule has 1 aliphatic heterocycles. The van der Waals surface area contributed by atoms with Gasteiger partial charge in [-0.15, -0.1) is 0 Å². The van der Waals surface area contributed by atoms with Crippen molar-refractivity contribution in [1.82, 2.24) is 4.90 Å². The Hall–Kier alpha value is -2.71. The molecule has 1 heterocycles. The van der Waals surface area contributed by atoms with E-state index in [0.29, 0.717) is 27.5 Å². The first-order valence-corrected chi connectivity index (χ1v) is 15.9. The van der Waals surface area contributed by atoms with Crippen molar-refractivity contribution in [2.24, 2.45) is 10.8 Å². The summed E-state index contributed by atoms with van der Waals surface area (Å²) < 4.78 is 7.25. The van der Waals surface area contributed by atoms with Gasteiger partial charge in [-0.3, -0.25) is 14.4 Å². The van der Waals surface area contributed by atoms with Gasteiger partial charge in [0.05, 0.1) is 8.95 Å². The number of anilines is 1. The molecule has 2 aliphatic carbocycles. The molecule has 0 aromatic heterocycles. The van der Waals surface area contributed by atoms with Gasteiger partial charge in [-0.25, -0.2) is 0 Å². The lowest BCUT2D eigenvalue weighted by atomic mass is 9.64. The van der Waals surface area contributed by atoms with Crippen molar-refractivity contribution in [3.05, 3.63) is 78.5 Å². The minimum atomic E-state index is -0.451. The highest BCUT2D eigenvalue weighted by molar-refractivity contribution is 9.11. The van der Waals surface area contributed by atoms with Crippen molar-refractivity contribution in [2.75, 3.05) is 19.0 Å². The molecule has 42 heavy (non-hydrogen) atoms. The van der Waals surface area contributed by atoms with Gasteiger partial charge in [0.25, 0.3) is 5.91 Å². The van der Waals surface area contributed by atoms with Crippen LogP contribution in [0.15, 0.2) is 61.8 Å². The Bertz CT molecular complexity index is 1510. The smallest absolute Gasteiger partial charge is 0.262 e. The van der Waals surface area contributed by atoms with Crippen molar-refractivity contribution in [3.8, 4) is 5.75 Å². The summed E-state index contributed by atoms with van der Waals surface area (Å²) in [5, 5.41) is 2.93. The first kappa shape index (κ1) is 30.7. The minimum absolute atomic E-state index is 0.0953. The summed E-state index contributed by atoms with van der Waals surface area (Å²) in [6.45, 7) is 12.3. The highest BCUT2D eigenvalue weighted by Gasteiger charge is 2.48. The van der Waals surface area contributed by atoms with Crippen LogP contribution in [0.3, 0.4) is 0 Å². The lowest BCUT2D eigenvalue weighted by molar-refractivity contribution is -0.120. The number of nitrogens with zero attached hydrogens (tertiary/aromatic N) is 1. The quantitative estimate of drug-likeness (QED) is 0.341. The number of hydrogen-bond donors (Lipinski definition) is 1. The van der Waals surface area contributed by atoms with Crippen LogP contribution in [0.25, 0.3) is 0 Å². The molecule has 0 bridgehead atoms. The van der Waals surface area contributed by atoms with Gasteiger partial charge in [0.15, 0.2) is 18.2 Å². The summed E-state index contributed by atoms with van der Waals surface area (Å²) in [4.78, 5) is 42.4. The molecule has 0 radical (unpaired) electrons. The maximum atomic E-state index is 13.8. The molecule has 2 aromatic rings. The first-order valence-electron chi connectivity index (χ1n) is 14.3. The molecule has 1 N–H and O–H groups in total. The summed E-state index contributed by atoms with van der Waals surface area (Å²) in [6.07, 6.45) is 2.42. The fourth-order valence-electron chi connectivity index (χ4n) is 6.58. The van der Waals surface area contributed by atoms with Gasteiger partial charge in [0.1, 0.15) is 5.75 Å². The number of Topliss-reactive ketones (excluding diaryl/α,β-unsaturated/α-hetero) is 2. The summed E-state index contributed by atoms with van der Waals surface area (Å²) >= 11 is 7.32. The number of carbonyl (C=O) groups excluding carboxylic acids is 3. The Kier molecular flexibility index (Phi) is 8.12. The van der Waals surface area contributed by atoms with E-state index in [2.05, 4.69) is 69.8 Å². The molecule has 2 aromatic carbocycles. The van der Waals surface area contributed by atoms with Crippen LogP contribution < -0.4 is 10.1 Å². The number of halogens is 2. The molecule has 8 heteroatoms. The molecule has 5 rings (SSSR count). The molecule has 3 aliphatic rings. The number of amides is 1. The third kappa shape index (κ3) is 5.89. The van der Waals surface area contributed by atoms with Gasteiger partial charge in [-0.2, -0.15) is 0 Å². The van der Waals surface area contributed by atoms with Crippen LogP contribution >= 0.6 is 31.9 Å². The van der Waals surface area contributed by atoms with Crippen LogP contribution in [0.4, 0.5) is 5.69 Å². The number of hydrogen-bond acceptors (Lipinski definition) is 5. The van der Waals surface area contributed by atoms with E-state index in [1.807, 2.05) is 51.2 Å². The molecule has 6 nitrogen and oxygen atoms in total. The number of nitrogens with one attached hydrogen (secondary N) is 1. The zero-order chi connectivity index (χ0) is 30.7. The molecular formula is C34H38Br2N2O4. The molecule has 0 saturated heterocycles. The predicted octanol–water partition coefficient (Wildman–Crippen LogP) is 8.16. The molecule has 1 amide bonds. The van der Waals surface area contributed by atoms with Crippen LogP contribution in [-0.4, -0.2) is 36.0 Å². The van der Waals surface area contributed by atoms with Crippen LogP contribution in [0.2, 0.25) is 0 Å². The molecular weight excluding hydrogens is 660 g/mol. The van der Waals surface area contributed by atoms with E-state index < -0.39 is 5.92 Å². The SMILES string of the molecule is Cc1ccc(C)c(NC(=O)COc2c(Br)cc(C3C4=C(CC(C)(C)CC4=O)N(C)C4=C3C(=O)CC(C)(C)C4)cc2Br)c1. The molecule has 0 saturated carbocycles. The van der Waals surface area contributed by atoms with Crippen molar-refractivity contribution >= 4 is 55.0 Å². The fraction of sp³-hybridized carbons (Fsp3) is 0.441. The summed E-state index contributed by atoms with van der Waals surface area (Å²) in [5.41, 5.74) is 6.80. The Labute approximate surface area is 265 Å². The Morgan fingerprint density at radius 1 is 0.905 bits per heavy atom. The van der Waals surface area contributed by atoms with E-state index in [0.717, 1.165) is 57.8 Å². The van der Waals surface area contributed by atoms with Crippen molar-refractivity contribution in [2.45, 2.75) is 73.1 Å². The van der Waals surface area contributed by atoms with Crippen LogP contribution in [0, 0.1) is 24.7 Å². The lowest BCUT2D eigenvalue weighted by Crippen LogP contribution is -2.43.